The number of rotatable bonds is 3. The molecule has 0 atom stereocenters. The normalized spacial score (nSPS) is 10.9. The van der Waals surface area contributed by atoms with E-state index in [1.54, 1.807) is 6.08 Å². The van der Waals surface area contributed by atoms with Gasteiger partial charge in [0.15, 0.2) is 0 Å². The summed E-state index contributed by atoms with van der Waals surface area (Å²) in [5.74, 6) is 0. The average molecular weight is 127 g/mol. The molecule has 0 fully saturated rings. The van der Waals surface area contributed by atoms with Crippen molar-refractivity contribution >= 4 is 18.7 Å². The molecule has 0 spiro atoms. The minimum atomic E-state index is 1.04. The summed E-state index contributed by atoms with van der Waals surface area (Å²) in [7, 11) is 0. The maximum absolute atomic E-state index is 3.60. The summed E-state index contributed by atoms with van der Waals surface area (Å²) < 4.78 is 3.60. The van der Waals surface area contributed by atoms with Crippen molar-refractivity contribution in [3.8, 4) is 0 Å². The number of nitrogens with zero attached hydrogens (tertiary/aromatic N) is 1. The van der Waals surface area contributed by atoms with Crippen molar-refractivity contribution in [2.24, 2.45) is 4.40 Å². The lowest BCUT2D eigenvalue weighted by molar-refractivity contribution is 1.71. The second-order valence-corrected chi connectivity index (χ2v) is 2.03. The molecule has 0 saturated heterocycles. The molecule has 0 amide bonds. The van der Waals surface area contributed by atoms with Crippen LogP contribution in [0.5, 0.6) is 0 Å². The van der Waals surface area contributed by atoms with Crippen LogP contribution >= 0.6 is 11.9 Å². The first-order valence-electron chi connectivity index (χ1n) is 2.27. The van der Waals surface area contributed by atoms with Gasteiger partial charge in [-0.3, -0.25) is 0 Å². The Labute approximate surface area is 54.3 Å². The first-order valence-corrected chi connectivity index (χ1v) is 3.04. The third-order valence-corrected chi connectivity index (χ3v) is 1.40. The Kier molecular flexibility index (Phi) is 4.36. The standard InChI is InChI=1S/C6H9NS/c1-4-6(5-2)8-7-3/h4-5H,1,3H2,2H3/b6-5-. The molecule has 2 heteroatoms. The van der Waals surface area contributed by atoms with Crippen LogP contribution in [-0.4, -0.2) is 6.72 Å². The van der Waals surface area contributed by atoms with Crippen molar-refractivity contribution in [2.75, 3.05) is 0 Å². The van der Waals surface area contributed by atoms with Crippen molar-refractivity contribution in [1.82, 2.24) is 0 Å². The van der Waals surface area contributed by atoms with Crippen LogP contribution in [0.25, 0.3) is 0 Å². The second kappa shape index (κ2) is 4.65. The summed E-state index contributed by atoms with van der Waals surface area (Å²) in [6.45, 7) is 8.83. The van der Waals surface area contributed by atoms with E-state index in [9.17, 15) is 0 Å². The summed E-state index contributed by atoms with van der Waals surface area (Å²) in [5, 5.41) is 0. The van der Waals surface area contributed by atoms with E-state index in [2.05, 4.69) is 17.7 Å². The van der Waals surface area contributed by atoms with Gasteiger partial charge >= 0.3 is 0 Å². The predicted molar refractivity (Wildman–Crippen MR) is 41.1 cm³/mol. The first kappa shape index (κ1) is 7.50. The molecule has 0 saturated carbocycles. The van der Waals surface area contributed by atoms with Crippen LogP contribution in [0.4, 0.5) is 0 Å². The Hall–Kier alpha value is -0.500. The van der Waals surface area contributed by atoms with Gasteiger partial charge in [0.1, 0.15) is 0 Å². The molecule has 0 aliphatic rings. The highest BCUT2D eigenvalue weighted by Gasteiger charge is 1.82. The minimum absolute atomic E-state index is 1.04. The lowest BCUT2D eigenvalue weighted by Gasteiger charge is -1.88. The molecule has 44 valence electrons. The quantitative estimate of drug-likeness (QED) is 0.322. The van der Waals surface area contributed by atoms with Gasteiger partial charge in [0.25, 0.3) is 0 Å². The van der Waals surface area contributed by atoms with Crippen molar-refractivity contribution < 1.29 is 0 Å². The maximum Gasteiger partial charge on any atom is 0.0256 e. The zero-order valence-electron chi connectivity index (χ0n) is 4.92. The monoisotopic (exact) mass is 127 g/mol. The van der Waals surface area contributed by atoms with Crippen molar-refractivity contribution in [3.05, 3.63) is 23.6 Å². The topological polar surface area (TPSA) is 12.4 Å². The molecule has 0 aromatic rings. The van der Waals surface area contributed by atoms with E-state index in [1.807, 2.05) is 13.0 Å². The molecule has 0 heterocycles. The number of hydrogen-bond acceptors (Lipinski definition) is 2. The van der Waals surface area contributed by atoms with E-state index in [0.29, 0.717) is 0 Å². The Morgan fingerprint density at radius 3 is 2.50 bits per heavy atom. The Morgan fingerprint density at radius 2 is 2.38 bits per heavy atom. The highest BCUT2D eigenvalue weighted by molar-refractivity contribution is 8.02. The van der Waals surface area contributed by atoms with Crippen molar-refractivity contribution in [2.45, 2.75) is 6.92 Å². The molecule has 0 rings (SSSR count). The molecule has 0 unspecified atom stereocenters. The molecule has 0 aromatic carbocycles. The molecule has 0 aromatic heterocycles. The highest BCUT2D eigenvalue weighted by atomic mass is 32.2. The smallest absolute Gasteiger partial charge is 0.0256 e. The van der Waals surface area contributed by atoms with Gasteiger partial charge < -0.3 is 0 Å². The number of hydrogen-bond donors (Lipinski definition) is 0. The van der Waals surface area contributed by atoms with Crippen molar-refractivity contribution in [3.63, 3.8) is 0 Å². The predicted octanol–water partition coefficient (Wildman–Crippen LogP) is 2.43. The third-order valence-electron chi connectivity index (χ3n) is 0.656. The largest absolute Gasteiger partial charge is 0.227 e. The molecule has 0 aliphatic carbocycles. The van der Waals surface area contributed by atoms with Gasteiger partial charge in [-0.1, -0.05) is 18.7 Å². The van der Waals surface area contributed by atoms with E-state index in [-0.39, 0.29) is 0 Å². The van der Waals surface area contributed by atoms with Crippen LogP contribution in [0.15, 0.2) is 28.0 Å². The first-order chi connectivity index (χ1) is 3.85. The van der Waals surface area contributed by atoms with E-state index < -0.39 is 0 Å². The van der Waals surface area contributed by atoms with Gasteiger partial charge in [-0.15, -0.1) is 0 Å². The van der Waals surface area contributed by atoms with E-state index >= 15 is 0 Å². The molecular weight excluding hydrogens is 118 g/mol. The lowest BCUT2D eigenvalue weighted by Crippen LogP contribution is -1.60. The summed E-state index contributed by atoms with van der Waals surface area (Å²) >= 11 is 1.33. The van der Waals surface area contributed by atoms with E-state index in [0.717, 1.165) is 4.91 Å². The zero-order valence-corrected chi connectivity index (χ0v) is 5.74. The zero-order chi connectivity index (χ0) is 6.41. The summed E-state index contributed by atoms with van der Waals surface area (Å²) in [6.07, 6.45) is 3.69. The maximum atomic E-state index is 3.60. The van der Waals surface area contributed by atoms with Gasteiger partial charge in [-0.05, 0) is 13.6 Å². The van der Waals surface area contributed by atoms with Crippen LogP contribution in [-0.2, 0) is 0 Å². The van der Waals surface area contributed by atoms with Crippen LogP contribution in [0.1, 0.15) is 6.92 Å². The fraction of sp³-hybridized carbons (Fsp3) is 0.167. The summed E-state index contributed by atoms with van der Waals surface area (Å²) in [6, 6.07) is 0. The molecule has 0 N–H and O–H groups in total. The van der Waals surface area contributed by atoms with Gasteiger partial charge in [-0.25, -0.2) is 4.40 Å². The van der Waals surface area contributed by atoms with Crippen LogP contribution < -0.4 is 0 Å². The van der Waals surface area contributed by atoms with Crippen LogP contribution in [0.3, 0.4) is 0 Å². The van der Waals surface area contributed by atoms with Crippen molar-refractivity contribution in [1.29, 1.82) is 0 Å². The van der Waals surface area contributed by atoms with Crippen LogP contribution in [0.2, 0.25) is 0 Å². The summed E-state index contributed by atoms with van der Waals surface area (Å²) in [4.78, 5) is 1.04. The summed E-state index contributed by atoms with van der Waals surface area (Å²) in [5.41, 5.74) is 0. The Balaban J connectivity index is 3.71. The van der Waals surface area contributed by atoms with Gasteiger partial charge in [-0.2, -0.15) is 0 Å². The van der Waals surface area contributed by atoms with E-state index in [4.69, 9.17) is 0 Å². The second-order valence-electron chi connectivity index (χ2n) is 1.12. The van der Waals surface area contributed by atoms with Gasteiger partial charge in [0.05, 0.1) is 0 Å². The minimum Gasteiger partial charge on any atom is -0.227 e. The van der Waals surface area contributed by atoms with Gasteiger partial charge in [0.2, 0.25) is 0 Å². The molecule has 0 radical (unpaired) electrons. The molecule has 8 heavy (non-hydrogen) atoms. The molecule has 1 nitrogen and oxygen atoms in total. The fourth-order valence-electron chi connectivity index (χ4n) is 0.282. The van der Waals surface area contributed by atoms with Gasteiger partial charge in [0, 0.05) is 16.9 Å². The third kappa shape index (κ3) is 2.64. The number of allylic oxidation sites excluding steroid dienone is 2. The Morgan fingerprint density at radius 1 is 1.75 bits per heavy atom. The fourth-order valence-corrected chi connectivity index (χ4v) is 0.611. The van der Waals surface area contributed by atoms with E-state index in [1.165, 1.54) is 11.9 Å². The Bertz CT molecular complexity index is 116. The highest BCUT2D eigenvalue weighted by Crippen LogP contribution is 2.15. The average Bonchev–Trinajstić information content (AvgIpc) is 1.83. The SMILES string of the molecule is C=C/C(=C/C)SN=C. The molecule has 0 aliphatic heterocycles. The molecular formula is C6H9NS. The lowest BCUT2D eigenvalue weighted by atomic mass is 10.5. The van der Waals surface area contributed by atoms with Crippen LogP contribution in [0, 0.1) is 0 Å². The molecule has 0 bridgehead atoms.